The third kappa shape index (κ3) is 0.992. The van der Waals surface area contributed by atoms with Gasteiger partial charge >= 0.3 is 0 Å². The van der Waals surface area contributed by atoms with E-state index in [1.165, 1.54) is 0 Å². The third-order valence-electron chi connectivity index (χ3n) is 0.758. The first-order valence-corrected chi connectivity index (χ1v) is 2.54. The molecule has 0 bridgehead atoms. The van der Waals surface area contributed by atoms with Crippen molar-refractivity contribution in [2.24, 2.45) is 0 Å². The van der Waals surface area contributed by atoms with Gasteiger partial charge < -0.3 is 4.84 Å². The van der Waals surface area contributed by atoms with Crippen LogP contribution in [-0.4, -0.2) is 16.3 Å². The Morgan fingerprint density at radius 2 is 2.62 bits per heavy atom. The summed E-state index contributed by atoms with van der Waals surface area (Å²) in [6.45, 7) is 2.61. The molecule has 8 heavy (non-hydrogen) atoms. The molecule has 0 spiro atoms. The second-order valence-corrected chi connectivity index (χ2v) is 1.34. The van der Waals surface area contributed by atoms with Crippen LogP contribution in [0.25, 0.3) is 0 Å². The van der Waals surface area contributed by atoms with Crippen LogP contribution >= 0.6 is 0 Å². The summed E-state index contributed by atoms with van der Waals surface area (Å²) < 4.78 is 1.57. The molecule has 0 atom stereocenters. The number of rotatable bonds is 2. The lowest BCUT2D eigenvalue weighted by molar-refractivity contribution is 0.121. The van der Waals surface area contributed by atoms with Gasteiger partial charge in [0, 0.05) is 6.20 Å². The molecule has 44 valence electrons. The Morgan fingerprint density at radius 3 is 3.12 bits per heavy atom. The molecule has 0 radical (unpaired) electrons. The van der Waals surface area contributed by atoms with E-state index in [2.05, 4.69) is 4.98 Å². The number of hydrogen-bond acceptors (Lipinski definition) is 2. The molecule has 3 heteroatoms. The van der Waals surface area contributed by atoms with E-state index in [-0.39, 0.29) is 0 Å². The molecular formula is C5H8N2O. The average molecular weight is 112 g/mol. The highest BCUT2D eigenvalue weighted by Gasteiger charge is 1.80. The van der Waals surface area contributed by atoms with Crippen LogP contribution in [0.5, 0.6) is 0 Å². The molecule has 0 saturated carbocycles. The van der Waals surface area contributed by atoms with Crippen molar-refractivity contribution < 1.29 is 4.84 Å². The second kappa shape index (κ2) is 2.35. The summed E-state index contributed by atoms with van der Waals surface area (Å²) in [5.41, 5.74) is 0. The summed E-state index contributed by atoms with van der Waals surface area (Å²) >= 11 is 0. The van der Waals surface area contributed by atoms with Gasteiger partial charge in [0.1, 0.15) is 12.9 Å². The van der Waals surface area contributed by atoms with Crippen LogP contribution in [-0.2, 0) is 0 Å². The Kier molecular flexibility index (Phi) is 1.51. The van der Waals surface area contributed by atoms with E-state index in [1.54, 1.807) is 23.5 Å². The summed E-state index contributed by atoms with van der Waals surface area (Å²) in [5, 5.41) is 0. The second-order valence-electron chi connectivity index (χ2n) is 1.34. The highest BCUT2D eigenvalue weighted by molar-refractivity contribution is 4.69. The molecule has 0 amide bonds. The Labute approximate surface area is 47.9 Å². The van der Waals surface area contributed by atoms with Gasteiger partial charge in [-0.25, -0.2) is 4.98 Å². The first kappa shape index (κ1) is 5.15. The molecule has 0 aliphatic rings. The van der Waals surface area contributed by atoms with Crippen LogP contribution in [0.2, 0.25) is 0 Å². The maximum atomic E-state index is 5.00. The predicted octanol–water partition coefficient (Wildman–Crippen LogP) is 0.332. The minimum absolute atomic E-state index is 0.677. The monoisotopic (exact) mass is 112 g/mol. The summed E-state index contributed by atoms with van der Waals surface area (Å²) in [6, 6.07) is 0. The van der Waals surface area contributed by atoms with E-state index in [0.29, 0.717) is 6.61 Å². The van der Waals surface area contributed by atoms with Crippen molar-refractivity contribution in [2.75, 3.05) is 6.61 Å². The predicted molar refractivity (Wildman–Crippen MR) is 29.3 cm³/mol. The molecule has 0 N–H and O–H groups in total. The van der Waals surface area contributed by atoms with E-state index in [0.717, 1.165) is 0 Å². The first-order valence-electron chi connectivity index (χ1n) is 2.54. The lowest BCUT2D eigenvalue weighted by atomic mass is 10.9. The topological polar surface area (TPSA) is 27.1 Å². The lowest BCUT2D eigenvalue weighted by Gasteiger charge is -1.98. The maximum absolute atomic E-state index is 5.00. The SMILES string of the molecule is CCOn1ccnc1. The first-order chi connectivity index (χ1) is 3.93. The Balaban J connectivity index is 2.50. The van der Waals surface area contributed by atoms with Crippen LogP contribution in [0, 0.1) is 0 Å². The van der Waals surface area contributed by atoms with Gasteiger partial charge in [-0.3, -0.25) is 0 Å². The highest BCUT2D eigenvalue weighted by atomic mass is 16.7. The van der Waals surface area contributed by atoms with Crippen molar-refractivity contribution in [2.45, 2.75) is 6.92 Å². The van der Waals surface area contributed by atoms with Crippen molar-refractivity contribution >= 4 is 0 Å². The minimum Gasteiger partial charge on any atom is -0.413 e. The van der Waals surface area contributed by atoms with E-state index < -0.39 is 0 Å². The lowest BCUT2D eigenvalue weighted by Crippen LogP contribution is -2.06. The molecule has 1 heterocycles. The molecule has 0 fully saturated rings. The molecular weight excluding hydrogens is 104 g/mol. The molecule has 0 unspecified atom stereocenters. The Morgan fingerprint density at radius 1 is 1.75 bits per heavy atom. The van der Waals surface area contributed by atoms with Crippen molar-refractivity contribution in [3.8, 4) is 0 Å². The van der Waals surface area contributed by atoms with Gasteiger partial charge in [-0.15, -0.1) is 0 Å². The standard InChI is InChI=1S/C5H8N2O/c1-2-8-7-4-3-6-5-7/h3-5H,2H2,1H3. The van der Waals surface area contributed by atoms with Gasteiger partial charge in [0.2, 0.25) is 0 Å². The number of nitrogens with zero attached hydrogens (tertiary/aromatic N) is 2. The maximum Gasteiger partial charge on any atom is 0.131 e. The molecule has 1 aromatic heterocycles. The Hall–Kier alpha value is -0.990. The quantitative estimate of drug-likeness (QED) is 0.551. The van der Waals surface area contributed by atoms with Crippen LogP contribution in [0.1, 0.15) is 6.92 Å². The summed E-state index contributed by atoms with van der Waals surface area (Å²) in [6.07, 6.45) is 5.04. The summed E-state index contributed by atoms with van der Waals surface area (Å²) in [4.78, 5) is 8.78. The summed E-state index contributed by atoms with van der Waals surface area (Å²) in [7, 11) is 0. The number of imidazole rings is 1. The smallest absolute Gasteiger partial charge is 0.131 e. The largest absolute Gasteiger partial charge is 0.413 e. The number of hydrogen-bond donors (Lipinski definition) is 0. The van der Waals surface area contributed by atoms with Gasteiger partial charge in [0.25, 0.3) is 0 Å². The molecule has 0 saturated heterocycles. The fraction of sp³-hybridized carbons (Fsp3) is 0.400. The van der Waals surface area contributed by atoms with E-state index in [4.69, 9.17) is 4.84 Å². The molecule has 0 aliphatic heterocycles. The fourth-order valence-corrected chi connectivity index (χ4v) is 0.472. The molecule has 0 aliphatic carbocycles. The summed E-state index contributed by atoms with van der Waals surface area (Å²) in [5.74, 6) is 0. The molecule has 0 aromatic carbocycles. The van der Waals surface area contributed by atoms with Crippen molar-refractivity contribution in [1.29, 1.82) is 0 Å². The van der Waals surface area contributed by atoms with Crippen molar-refractivity contribution in [3.63, 3.8) is 0 Å². The molecule has 1 rings (SSSR count). The van der Waals surface area contributed by atoms with Crippen LogP contribution in [0.3, 0.4) is 0 Å². The zero-order chi connectivity index (χ0) is 5.82. The van der Waals surface area contributed by atoms with Crippen LogP contribution in [0.4, 0.5) is 0 Å². The fourth-order valence-electron chi connectivity index (χ4n) is 0.472. The third-order valence-corrected chi connectivity index (χ3v) is 0.758. The molecule has 1 aromatic rings. The van der Waals surface area contributed by atoms with E-state index in [1.807, 2.05) is 6.92 Å². The highest BCUT2D eigenvalue weighted by Crippen LogP contribution is 1.77. The van der Waals surface area contributed by atoms with Gasteiger partial charge in [-0.05, 0) is 6.92 Å². The molecule has 3 nitrogen and oxygen atoms in total. The number of aromatic nitrogens is 2. The van der Waals surface area contributed by atoms with Gasteiger partial charge in [0.05, 0.1) is 6.20 Å². The normalized spacial score (nSPS) is 9.12. The van der Waals surface area contributed by atoms with Gasteiger partial charge in [0.15, 0.2) is 0 Å². The Bertz CT molecular complexity index is 136. The van der Waals surface area contributed by atoms with Crippen LogP contribution in [0.15, 0.2) is 18.7 Å². The van der Waals surface area contributed by atoms with Gasteiger partial charge in [-0.1, -0.05) is 0 Å². The average Bonchev–Trinajstić information content (AvgIpc) is 2.19. The minimum atomic E-state index is 0.677. The van der Waals surface area contributed by atoms with E-state index >= 15 is 0 Å². The zero-order valence-electron chi connectivity index (χ0n) is 4.74. The van der Waals surface area contributed by atoms with Crippen molar-refractivity contribution in [3.05, 3.63) is 18.7 Å². The van der Waals surface area contributed by atoms with Crippen molar-refractivity contribution in [1.82, 2.24) is 9.71 Å². The zero-order valence-corrected chi connectivity index (χ0v) is 4.74. The van der Waals surface area contributed by atoms with Gasteiger partial charge in [-0.2, -0.15) is 4.73 Å². The van der Waals surface area contributed by atoms with E-state index in [9.17, 15) is 0 Å². The van der Waals surface area contributed by atoms with Crippen LogP contribution < -0.4 is 4.84 Å².